The van der Waals surface area contributed by atoms with Gasteiger partial charge in [-0.3, -0.25) is 0 Å². The molecule has 0 bridgehead atoms. The summed E-state index contributed by atoms with van der Waals surface area (Å²) in [7, 11) is -4.71. The molecule has 0 atom stereocenters. The summed E-state index contributed by atoms with van der Waals surface area (Å²) in [6, 6.07) is -2.26. The van der Waals surface area contributed by atoms with Crippen molar-refractivity contribution in [2.75, 3.05) is 0 Å². The van der Waals surface area contributed by atoms with Crippen LogP contribution in [0.25, 0.3) is 0 Å². The fourth-order valence-corrected chi connectivity index (χ4v) is 6.88. The molecule has 3 aromatic rings. The van der Waals surface area contributed by atoms with E-state index in [2.05, 4.69) is 4.98 Å². The molecule has 44 heavy (non-hydrogen) atoms. The van der Waals surface area contributed by atoms with Crippen molar-refractivity contribution in [3.8, 4) is 0 Å². The lowest BCUT2D eigenvalue weighted by atomic mass is 10.0. The van der Waals surface area contributed by atoms with Crippen LogP contribution in [0.4, 0.5) is 79.0 Å². The standard InChI is InChI=1S/C23H7ClF18NP/c24-14-2-1-3-15(43-14)44(16-10(20(31,32)33)4-8(18(25,26)27)5-11(16)21(34,35)36)17-12(22(37,38)39)6-9(19(28,29)30)7-13(17)23(40,41)42/h1-7H. The van der Waals surface area contributed by atoms with Crippen LogP contribution in [0.3, 0.4) is 0 Å². The third-order valence-electron chi connectivity index (χ3n) is 5.47. The molecule has 0 aliphatic rings. The summed E-state index contributed by atoms with van der Waals surface area (Å²) >= 11 is 5.57. The van der Waals surface area contributed by atoms with Gasteiger partial charge in [0, 0.05) is 18.5 Å². The van der Waals surface area contributed by atoms with Crippen molar-refractivity contribution >= 4 is 35.6 Å². The van der Waals surface area contributed by atoms with Crippen LogP contribution in [0.1, 0.15) is 33.4 Å². The van der Waals surface area contributed by atoms with Crippen molar-refractivity contribution < 1.29 is 79.0 Å². The predicted molar refractivity (Wildman–Crippen MR) is 118 cm³/mol. The van der Waals surface area contributed by atoms with Gasteiger partial charge in [0.05, 0.1) is 38.8 Å². The second-order valence-electron chi connectivity index (χ2n) is 8.48. The summed E-state index contributed by atoms with van der Waals surface area (Å²) in [6.45, 7) is 0. The number of nitrogens with zero attached hydrogens (tertiary/aromatic N) is 1. The van der Waals surface area contributed by atoms with E-state index >= 15 is 0 Å². The maximum atomic E-state index is 14.2. The maximum absolute atomic E-state index is 14.2. The van der Waals surface area contributed by atoms with E-state index in [0.29, 0.717) is 12.1 Å². The molecule has 21 heteroatoms. The lowest BCUT2D eigenvalue weighted by Gasteiger charge is -2.31. The average molecular weight is 706 g/mol. The molecule has 0 unspecified atom stereocenters. The van der Waals surface area contributed by atoms with Crippen LogP contribution in [-0.4, -0.2) is 4.98 Å². The predicted octanol–water partition coefficient (Wildman–Crippen LogP) is 9.61. The highest BCUT2D eigenvalue weighted by atomic mass is 35.5. The third kappa shape index (κ3) is 7.46. The van der Waals surface area contributed by atoms with Crippen LogP contribution in [0.2, 0.25) is 5.15 Å². The molecular formula is C23H7ClF18NP. The van der Waals surface area contributed by atoms with Crippen LogP contribution in [-0.2, 0) is 37.1 Å². The van der Waals surface area contributed by atoms with Crippen molar-refractivity contribution in [2.45, 2.75) is 37.1 Å². The third-order valence-corrected chi connectivity index (χ3v) is 8.25. The van der Waals surface area contributed by atoms with Gasteiger partial charge in [0.15, 0.2) is 0 Å². The molecule has 0 radical (unpaired) electrons. The minimum atomic E-state index is -6.32. The van der Waals surface area contributed by atoms with Crippen molar-refractivity contribution in [1.82, 2.24) is 4.98 Å². The average Bonchev–Trinajstić information content (AvgIpc) is 2.80. The minimum absolute atomic E-state index is 0.313. The Bertz CT molecular complexity index is 1380. The molecule has 0 N–H and O–H groups in total. The Morgan fingerprint density at radius 2 is 0.750 bits per heavy atom. The highest BCUT2D eigenvalue weighted by Crippen LogP contribution is 2.51. The Morgan fingerprint density at radius 3 is 0.977 bits per heavy atom. The minimum Gasteiger partial charge on any atom is -0.236 e. The monoisotopic (exact) mass is 705 g/mol. The molecule has 0 spiro atoms. The van der Waals surface area contributed by atoms with E-state index < -0.39 is 124 Å². The first-order chi connectivity index (χ1) is 19.5. The van der Waals surface area contributed by atoms with Gasteiger partial charge in [0.25, 0.3) is 0 Å². The summed E-state index contributed by atoms with van der Waals surface area (Å²) in [5, 5.41) is -6.10. The fraction of sp³-hybridized carbons (Fsp3) is 0.261. The molecule has 1 aromatic heterocycles. The number of benzene rings is 2. The highest BCUT2D eigenvalue weighted by Gasteiger charge is 2.52. The van der Waals surface area contributed by atoms with E-state index in [1.54, 1.807) is 0 Å². The van der Waals surface area contributed by atoms with Crippen molar-refractivity contribution in [2.24, 2.45) is 0 Å². The van der Waals surface area contributed by atoms with E-state index in [4.69, 9.17) is 11.6 Å². The number of hydrogen-bond acceptors (Lipinski definition) is 1. The highest BCUT2D eigenvalue weighted by molar-refractivity contribution is 7.80. The molecule has 0 saturated heterocycles. The number of alkyl halides is 18. The van der Waals surface area contributed by atoms with Crippen LogP contribution < -0.4 is 16.0 Å². The van der Waals surface area contributed by atoms with Crippen molar-refractivity contribution in [1.29, 1.82) is 0 Å². The summed E-state index contributed by atoms with van der Waals surface area (Å²) in [5.41, 5.74) is -18.7. The second kappa shape index (κ2) is 11.1. The quantitative estimate of drug-likeness (QED) is 0.150. The summed E-state index contributed by atoms with van der Waals surface area (Å²) in [4.78, 5) is 3.24. The first kappa shape index (κ1) is 35.5. The van der Waals surface area contributed by atoms with Gasteiger partial charge in [-0.05, 0) is 36.4 Å². The molecule has 2 aromatic carbocycles. The number of halogens is 19. The summed E-state index contributed by atoms with van der Waals surface area (Å²) in [5.74, 6) is 0. The van der Waals surface area contributed by atoms with Crippen LogP contribution in [0, 0.1) is 0 Å². The summed E-state index contributed by atoms with van der Waals surface area (Å²) in [6.07, 6.45) is -37.2. The van der Waals surface area contributed by atoms with Crippen LogP contribution in [0.15, 0.2) is 42.5 Å². The number of pyridine rings is 1. The SMILES string of the molecule is FC(F)(F)c1cc(C(F)(F)F)c(P(c2cccc(Cl)n2)c2c(C(F)(F)F)cc(C(F)(F)F)cc2C(F)(F)F)c(C(F)(F)F)c1. The molecule has 0 aliphatic carbocycles. The van der Waals surface area contributed by atoms with E-state index in [1.165, 1.54) is 0 Å². The van der Waals surface area contributed by atoms with Crippen molar-refractivity contribution in [3.63, 3.8) is 0 Å². The van der Waals surface area contributed by atoms with Gasteiger partial charge >= 0.3 is 37.1 Å². The van der Waals surface area contributed by atoms with Crippen LogP contribution in [0.5, 0.6) is 0 Å². The molecular weight excluding hydrogens is 699 g/mol. The van der Waals surface area contributed by atoms with Gasteiger partial charge in [-0.2, -0.15) is 79.0 Å². The second-order valence-corrected chi connectivity index (χ2v) is 10.9. The van der Waals surface area contributed by atoms with Crippen LogP contribution >= 0.6 is 19.5 Å². The zero-order valence-electron chi connectivity index (χ0n) is 20.1. The topological polar surface area (TPSA) is 12.9 Å². The summed E-state index contributed by atoms with van der Waals surface area (Å²) < 4.78 is 251. The Hall–Kier alpha value is -2.95. The molecule has 0 aliphatic heterocycles. The molecule has 3 rings (SSSR count). The molecule has 1 nitrogen and oxygen atoms in total. The van der Waals surface area contributed by atoms with Gasteiger partial charge in [-0.15, -0.1) is 0 Å². The molecule has 0 amide bonds. The first-order valence-corrected chi connectivity index (χ1v) is 12.5. The Morgan fingerprint density at radius 1 is 0.455 bits per heavy atom. The molecule has 242 valence electrons. The van der Waals surface area contributed by atoms with Gasteiger partial charge in [0.2, 0.25) is 0 Å². The van der Waals surface area contributed by atoms with E-state index in [0.717, 1.165) is 6.07 Å². The van der Waals surface area contributed by atoms with Gasteiger partial charge < -0.3 is 0 Å². The number of rotatable bonds is 3. The fourth-order valence-electron chi connectivity index (χ4n) is 3.81. The Balaban J connectivity index is 2.81. The lowest BCUT2D eigenvalue weighted by Crippen LogP contribution is -2.39. The van der Waals surface area contributed by atoms with Gasteiger partial charge in [-0.25, -0.2) is 4.98 Å². The van der Waals surface area contributed by atoms with Gasteiger partial charge in [0.1, 0.15) is 5.15 Å². The van der Waals surface area contributed by atoms with E-state index in [-0.39, 0.29) is 0 Å². The van der Waals surface area contributed by atoms with Gasteiger partial charge in [-0.1, -0.05) is 17.7 Å². The zero-order valence-corrected chi connectivity index (χ0v) is 21.8. The maximum Gasteiger partial charge on any atom is 0.417 e. The van der Waals surface area contributed by atoms with E-state index in [1.807, 2.05) is 0 Å². The zero-order chi connectivity index (χ0) is 34.0. The molecule has 0 saturated carbocycles. The molecule has 1 heterocycles. The Kier molecular flexibility index (Phi) is 8.99. The normalized spacial score (nSPS) is 14.0. The lowest BCUT2D eigenvalue weighted by molar-refractivity contribution is -0.149. The van der Waals surface area contributed by atoms with E-state index in [9.17, 15) is 79.0 Å². The molecule has 0 fully saturated rings. The number of aromatic nitrogens is 1. The largest absolute Gasteiger partial charge is 0.417 e. The Labute approximate surface area is 238 Å². The van der Waals surface area contributed by atoms with Crippen molar-refractivity contribution in [3.05, 3.63) is 81.0 Å². The smallest absolute Gasteiger partial charge is 0.236 e. The number of hydrogen-bond donors (Lipinski definition) is 0. The first-order valence-electron chi connectivity index (χ1n) is 10.8.